The van der Waals surface area contributed by atoms with Crippen molar-refractivity contribution in [3.63, 3.8) is 0 Å². The molecule has 3 heteroatoms. The van der Waals surface area contributed by atoms with Crippen molar-refractivity contribution in [2.45, 2.75) is 33.1 Å². The van der Waals surface area contributed by atoms with Gasteiger partial charge < -0.3 is 9.80 Å². The molecule has 0 saturated carbocycles. The van der Waals surface area contributed by atoms with Gasteiger partial charge in [-0.1, -0.05) is 13.8 Å². The highest BCUT2D eigenvalue weighted by molar-refractivity contribution is 5.84. The second-order valence-corrected chi connectivity index (χ2v) is 5.95. The second kappa shape index (κ2) is 4.36. The first-order chi connectivity index (χ1) is 7.53. The van der Waals surface area contributed by atoms with E-state index in [-0.39, 0.29) is 5.41 Å². The Morgan fingerprint density at radius 3 is 2.19 bits per heavy atom. The summed E-state index contributed by atoms with van der Waals surface area (Å²) in [5, 5.41) is 0. The van der Waals surface area contributed by atoms with E-state index in [1.807, 2.05) is 11.9 Å². The number of carbonyl (C=O) groups excluding carboxylic acids is 1. The van der Waals surface area contributed by atoms with Gasteiger partial charge in [0.15, 0.2) is 0 Å². The predicted octanol–water partition coefficient (Wildman–Crippen LogP) is 1.59. The minimum Gasteiger partial charge on any atom is -0.345 e. The number of amides is 1. The summed E-state index contributed by atoms with van der Waals surface area (Å²) in [5.74, 6) is 1.13. The molecule has 0 N–H and O–H groups in total. The van der Waals surface area contributed by atoms with E-state index >= 15 is 0 Å². The van der Waals surface area contributed by atoms with E-state index in [0.29, 0.717) is 5.91 Å². The Bertz CT molecular complexity index is 267. The number of carbonyl (C=O) groups is 1. The first kappa shape index (κ1) is 11.9. The largest absolute Gasteiger partial charge is 0.345 e. The zero-order valence-corrected chi connectivity index (χ0v) is 10.8. The molecule has 2 heterocycles. The summed E-state index contributed by atoms with van der Waals surface area (Å²) < 4.78 is 0. The molecule has 0 unspecified atom stereocenters. The summed E-state index contributed by atoms with van der Waals surface area (Å²) in [5.41, 5.74) is 0.0161. The van der Waals surface area contributed by atoms with Crippen LogP contribution < -0.4 is 0 Å². The van der Waals surface area contributed by atoms with Gasteiger partial charge in [-0.15, -0.1) is 0 Å². The highest BCUT2D eigenvalue weighted by Crippen LogP contribution is 2.40. The van der Waals surface area contributed by atoms with Crippen molar-refractivity contribution in [2.24, 2.45) is 11.3 Å². The van der Waals surface area contributed by atoms with Gasteiger partial charge in [0.1, 0.15) is 0 Å². The van der Waals surface area contributed by atoms with Crippen LogP contribution in [0.15, 0.2) is 0 Å². The quantitative estimate of drug-likeness (QED) is 0.711. The zero-order valence-electron chi connectivity index (χ0n) is 10.8. The number of nitrogens with zero attached hydrogens (tertiary/aromatic N) is 2. The monoisotopic (exact) mass is 224 g/mol. The van der Waals surface area contributed by atoms with Crippen LogP contribution in [-0.4, -0.2) is 48.9 Å². The third kappa shape index (κ3) is 2.10. The van der Waals surface area contributed by atoms with E-state index in [9.17, 15) is 4.79 Å². The molecule has 2 aliphatic rings. The van der Waals surface area contributed by atoms with Crippen molar-refractivity contribution in [1.29, 1.82) is 0 Å². The van der Waals surface area contributed by atoms with E-state index in [1.54, 1.807) is 0 Å². The third-order valence-corrected chi connectivity index (χ3v) is 4.16. The van der Waals surface area contributed by atoms with Crippen LogP contribution in [0.25, 0.3) is 0 Å². The fourth-order valence-electron chi connectivity index (χ4n) is 3.14. The lowest BCUT2D eigenvalue weighted by Gasteiger charge is -2.38. The number of hydrogen-bond acceptors (Lipinski definition) is 2. The van der Waals surface area contributed by atoms with Crippen molar-refractivity contribution in [1.82, 2.24) is 9.80 Å². The molecule has 0 aromatic heterocycles. The van der Waals surface area contributed by atoms with Crippen molar-refractivity contribution >= 4 is 5.91 Å². The van der Waals surface area contributed by atoms with Crippen LogP contribution in [0.4, 0.5) is 0 Å². The molecule has 0 aromatic carbocycles. The molecule has 0 bridgehead atoms. The summed E-state index contributed by atoms with van der Waals surface area (Å²) in [6.45, 7) is 8.89. The molecule has 2 rings (SSSR count). The van der Waals surface area contributed by atoms with Crippen LogP contribution in [0.3, 0.4) is 0 Å². The summed E-state index contributed by atoms with van der Waals surface area (Å²) in [4.78, 5) is 16.5. The van der Waals surface area contributed by atoms with Crippen molar-refractivity contribution < 1.29 is 4.79 Å². The maximum absolute atomic E-state index is 12.1. The second-order valence-electron chi connectivity index (χ2n) is 5.95. The lowest BCUT2D eigenvalue weighted by atomic mass is 9.77. The van der Waals surface area contributed by atoms with Crippen LogP contribution in [0, 0.1) is 11.3 Å². The fourth-order valence-corrected chi connectivity index (χ4v) is 3.14. The number of rotatable bonds is 2. The topological polar surface area (TPSA) is 23.6 Å². The van der Waals surface area contributed by atoms with Gasteiger partial charge in [0.2, 0.25) is 5.91 Å². The van der Waals surface area contributed by atoms with Crippen molar-refractivity contribution in [3.8, 4) is 0 Å². The van der Waals surface area contributed by atoms with Crippen molar-refractivity contribution in [2.75, 3.05) is 33.2 Å². The molecule has 0 atom stereocenters. The van der Waals surface area contributed by atoms with E-state index in [1.165, 1.54) is 6.54 Å². The molecule has 16 heavy (non-hydrogen) atoms. The first-order valence-electron chi connectivity index (χ1n) is 6.51. The smallest absolute Gasteiger partial charge is 0.228 e. The predicted molar refractivity (Wildman–Crippen MR) is 65.2 cm³/mol. The summed E-state index contributed by atoms with van der Waals surface area (Å²) in [7, 11) is 1.94. The van der Waals surface area contributed by atoms with Crippen LogP contribution >= 0.6 is 0 Å². The molecule has 0 aliphatic carbocycles. The van der Waals surface area contributed by atoms with E-state index in [0.717, 1.165) is 44.8 Å². The lowest BCUT2D eigenvalue weighted by molar-refractivity contribution is -0.137. The van der Waals surface area contributed by atoms with Crippen molar-refractivity contribution in [3.05, 3.63) is 0 Å². The number of piperidine rings is 1. The van der Waals surface area contributed by atoms with Crippen LogP contribution in [-0.2, 0) is 4.79 Å². The minimum atomic E-state index is 0.0161. The number of likely N-dealkylation sites (tertiary alicyclic amines) is 2. The Morgan fingerprint density at radius 2 is 1.75 bits per heavy atom. The average molecular weight is 224 g/mol. The van der Waals surface area contributed by atoms with Gasteiger partial charge >= 0.3 is 0 Å². The highest BCUT2D eigenvalue weighted by atomic mass is 16.2. The zero-order chi connectivity index (χ0) is 11.8. The highest BCUT2D eigenvalue weighted by Gasteiger charge is 2.46. The molecular weight excluding hydrogens is 200 g/mol. The standard InChI is InChI=1S/C13H24N2O/c1-11(2)10-15-8-5-13(6-9-15)4-7-14(3)12(13)16/h11H,4-10H2,1-3H3. The molecule has 0 aromatic rings. The van der Waals surface area contributed by atoms with Gasteiger partial charge in [0, 0.05) is 20.1 Å². The third-order valence-electron chi connectivity index (χ3n) is 4.16. The SMILES string of the molecule is CC(C)CN1CCC2(CC1)CCN(C)C2=O. The van der Waals surface area contributed by atoms with Crippen LogP contribution in [0.5, 0.6) is 0 Å². The van der Waals surface area contributed by atoms with E-state index < -0.39 is 0 Å². The van der Waals surface area contributed by atoms with Crippen LogP contribution in [0.1, 0.15) is 33.1 Å². The maximum atomic E-state index is 12.1. The van der Waals surface area contributed by atoms with Gasteiger partial charge in [0.05, 0.1) is 5.41 Å². The molecule has 2 fully saturated rings. The summed E-state index contributed by atoms with van der Waals surface area (Å²) in [6.07, 6.45) is 3.23. The average Bonchev–Trinajstić information content (AvgIpc) is 2.51. The molecule has 3 nitrogen and oxygen atoms in total. The van der Waals surface area contributed by atoms with Gasteiger partial charge in [-0.3, -0.25) is 4.79 Å². The molecule has 2 aliphatic heterocycles. The normalized spacial score (nSPS) is 26.0. The Balaban J connectivity index is 1.92. The molecule has 92 valence electrons. The van der Waals surface area contributed by atoms with Gasteiger partial charge in [-0.25, -0.2) is 0 Å². The first-order valence-corrected chi connectivity index (χ1v) is 6.51. The molecular formula is C13H24N2O. The van der Waals surface area contributed by atoms with E-state index in [2.05, 4.69) is 18.7 Å². The Labute approximate surface area is 98.8 Å². The maximum Gasteiger partial charge on any atom is 0.228 e. The van der Waals surface area contributed by atoms with E-state index in [4.69, 9.17) is 0 Å². The fraction of sp³-hybridized carbons (Fsp3) is 0.923. The molecule has 1 amide bonds. The molecule has 1 spiro atoms. The summed E-state index contributed by atoms with van der Waals surface area (Å²) in [6, 6.07) is 0. The summed E-state index contributed by atoms with van der Waals surface area (Å²) >= 11 is 0. The Hall–Kier alpha value is -0.570. The van der Waals surface area contributed by atoms with Crippen LogP contribution in [0.2, 0.25) is 0 Å². The number of hydrogen-bond donors (Lipinski definition) is 0. The minimum absolute atomic E-state index is 0.0161. The van der Waals surface area contributed by atoms with Gasteiger partial charge in [-0.2, -0.15) is 0 Å². The molecule has 0 radical (unpaired) electrons. The van der Waals surface area contributed by atoms with Gasteiger partial charge in [0.25, 0.3) is 0 Å². The molecule has 2 saturated heterocycles. The Kier molecular flexibility index (Phi) is 3.24. The van der Waals surface area contributed by atoms with Gasteiger partial charge in [-0.05, 0) is 38.3 Å². The Morgan fingerprint density at radius 1 is 1.19 bits per heavy atom. The lowest BCUT2D eigenvalue weighted by Crippen LogP contribution is -2.45.